The first-order valence-electron chi connectivity index (χ1n) is 5.91. The molecule has 1 saturated heterocycles. The molecular formula is C10H21N3O3S. The number of amides is 1. The smallest absolute Gasteiger partial charge is 0.235 e. The Hall–Kier alpha value is -0.660. The maximum atomic E-state index is 12.0. The molecule has 0 aromatic rings. The van der Waals surface area contributed by atoms with Crippen molar-refractivity contribution in [2.24, 2.45) is 0 Å². The summed E-state index contributed by atoms with van der Waals surface area (Å²) in [6, 6.07) is 0. The largest absolute Gasteiger partial charge is 0.355 e. The molecule has 0 aromatic heterocycles. The Balaban J connectivity index is 2.50. The fourth-order valence-electron chi connectivity index (χ4n) is 1.75. The molecule has 17 heavy (non-hydrogen) atoms. The number of hydrogen-bond acceptors (Lipinski definition) is 4. The quantitative estimate of drug-likeness (QED) is 0.653. The summed E-state index contributed by atoms with van der Waals surface area (Å²) in [5.74, 6) is -0.246. The molecule has 6 nitrogen and oxygen atoms in total. The van der Waals surface area contributed by atoms with Crippen LogP contribution in [0.2, 0.25) is 0 Å². The summed E-state index contributed by atoms with van der Waals surface area (Å²) in [6.45, 7) is 3.63. The topological polar surface area (TPSA) is 78.5 Å². The van der Waals surface area contributed by atoms with E-state index in [4.69, 9.17) is 0 Å². The molecule has 1 unspecified atom stereocenters. The summed E-state index contributed by atoms with van der Waals surface area (Å²) in [7, 11) is -1.89. The SMILES string of the molecule is CCCNC(=O)CN(C)S(=O)(=O)C1CCNC1. The van der Waals surface area contributed by atoms with Gasteiger partial charge in [-0.3, -0.25) is 4.79 Å². The summed E-state index contributed by atoms with van der Waals surface area (Å²) in [4.78, 5) is 11.4. The molecule has 0 bridgehead atoms. The summed E-state index contributed by atoms with van der Waals surface area (Å²) < 4.78 is 25.2. The number of hydrogen-bond donors (Lipinski definition) is 2. The zero-order chi connectivity index (χ0) is 12.9. The van der Waals surface area contributed by atoms with Crippen LogP contribution in [0.5, 0.6) is 0 Å². The van der Waals surface area contributed by atoms with Crippen LogP contribution in [0.1, 0.15) is 19.8 Å². The molecule has 7 heteroatoms. The third kappa shape index (κ3) is 3.93. The zero-order valence-electron chi connectivity index (χ0n) is 10.4. The highest BCUT2D eigenvalue weighted by atomic mass is 32.2. The van der Waals surface area contributed by atoms with Gasteiger partial charge in [-0.05, 0) is 19.4 Å². The number of likely N-dealkylation sites (N-methyl/N-ethyl adjacent to an activating group) is 1. The number of nitrogens with one attached hydrogen (secondary N) is 2. The molecule has 1 fully saturated rings. The van der Waals surface area contributed by atoms with Crippen LogP contribution in [0.25, 0.3) is 0 Å². The number of nitrogens with zero attached hydrogens (tertiary/aromatic N) is 1. The van der Waals surface area contributed by atoms with Crippen LogP contribution >= 0.6 is 0 Å². The van der Waals surface area contributed by atoms with Crippen LogP contribution in [0, 0.1) is 0 Å². The molecule has 1 aliphatic rings. The first-order valence-corrected chi connectivity index (χ1v) is 7.41. The van der Waals surface area contributed by atoms with Gasteiger partial charge in [0, 0.05) is 20.1 Å². The van der Waals surface area contributed by atoms with E-state index in [0.717, 1.165) is 17.3 Å². The van der Waals surface area contributed by atoms with Gasteiger partial charge in [0.2, 0.25) is 15.9 Å². The van der Waals surface area contributed by atoms with E-state index in [0.29, 0.717) is 19.5 Å². The van der Waals surface area contributed by atoms with E-state index in [1.807, 2.05) is 6.92 Å². The lowest BCUT2D eigenvalue weighted by atomic mass is 10.4. The molecule has 0 aromatic carbocycles. The highest BCUT2D eigenvalue weighted by molar-refractivity contribution is 7.89. The van der Waals surface area contributed by atoms with E-state index in [2.05, 4.69) is 10.6 Å². The second kappa shape index (κ2) is 6.32. The first-order chi connectivity index (χ1) is 7.98. The molecule has 1 atom stereocenters. The van der Waals surface area contributed by atoms with Crippen molar-refractivity contribution < 1.29 is 13.2 Å². The van der Waals surface area contributed by atoms with E-state index >= 15 is 0 Å². The Morgan fingerprint density at radius 1 is 1.53 bits per heavy atom. The Labute approximate surface area is 103 Å². The van der Waals surface area contributed by atoms with Gasteiger partial charge in [0.25, 0.3) is 0 Å². The van der Waals surface area contributed by atoms with Crippen molar-refractivity contribution in [2.45, 2.75) is 25.0 Å². The number of carbonyl (C=O) groups excluding carboxylic acids is 1. The monoisotopic (exact) mass is 263 g/mol. The molecule has 1 aliphatic heterocycles. The van der Waals surface area contributed by atoms with Crippen LogP contribution < -0.4 is 10.6 Å². The van der Waals surface area contributed by atoms with Crippen molar-refractivity contribution in [2.75, 3.05) is 33.2 Å². The van der Waals surface area contributed by atoms with E-state index in [1.54, 1.807) is 0 Å². The third-order valence-electron chi connectivity index (χ3n) is 2.81. The molecule has 0 radical (unpaired) electrons. The fourth-order valence-corrected chi connectivity index (χ4v) is 3.30. The predicted octanol–water partition coefficient (Wildman–Crippen LogP) is -0.864. The Morgan fingerprint density at radius 2 is 2.24 bits per heavy atom. The number of sulfonamides is 1. The van der Waals surface area contributed by atoms with E-state index in [1.165, 1.54) is 7.05 Å². The molecule has 1 heterocycles. The maximum absolute atomic E-state index is 12.0. The molecule has 1 amide bonds. The second-order valence-corrected chi connectivity index (χ2v) is 6.59. The normalized spacial score (nSPS) is 20.8. The number of rotatable bonds is 6. The van der Waals surface area contributed by atoms with Crippen LogP contribution in [0.4, 0.5) is 0 Å². The van der Waals surface area contributed by atoms with Crippen molar-refractivity contribution in [1.29, 1.82) is 0 Å². The molecule has 1 rings (SSSR count). The molecule has 0 spiro atoms. The molecular weight excluding hydrogens is 242 g/mol. The predicted molar refractivity (Wildman–Crippen MR) is 66.1 cm³/mol. The highest BCUT2D eigenvalue weighted by Crippen LogP contribution is 2.13. The van der Waals surface area contributed by atoms with E-state index < -0.39 is 15.3 Å². The lowest BCUT2D eigenvalue weighted by Crippen LogP contribution is -2.43. The van der Waals surface area contributed by atoms with Gasteiger partial charge >= 0.3 is 0 Å². The standard InChI is InChI=1S/C10H21N3O3S/c1-3-5-12-10(14)8-13(2)17(15,16)9-4-6-11-7-9/h9,11H,3-8H2,1-2H3,(H,12,14). The van der Waals surface area contributed by atoms with Crippen molar-refractivity contribution in [3.63, 3.8) is 0 Å². The minimum absolute atomic E-state index is 0.0984. The van der Waals surface area contributed by atoms with Gasteiger partial charge in [-0.25, -0.2) is 8.42 Å². The minimum atomic E-state index is -3.35. The van der Waals surface area contributed by atoms with Crippen molar-refractivity contribution in [3.8, 4) is 0 Å². The van der Waals surface area contributed by atoms with Crippen molar-refractivity contribution in [1.82, 2.24) is 14.9 Å². The molecule has 0 saturated carbocycles. The Morgan fingerprint density at radius 3 is 2.76 bits per heavy atom. The average molecular weight is 263 g/mol. The fraction of sp³-hybridized carbons (Fsp3) is 0.900. The van der Waals surface area contributed by atoms with Crippen LogP contribution in [-0.4, -0.2) is 57.1 Å². The summed E-state index contributed by atoms with van der Waals surface area (Å²) in [6.07, 6.45) is 1.46. The van der Waals surface area contributed by atoms with Crippen molar-refractivity contribution in [3.05, 3.63) is 0 Å². The van der Waals surface area contributed by atoms with Crippen LogP contribution in [0.3, 0.4) is 0 Å². The van der Waals surface area contributed by atoms with Crippen LogP contribution in [0.15, 0.2) is 0 Å². The first kappa shape index (κ1) is 14.4. The highest BCUT2D eigenvalue weighted by Gasteiger charge is 2.32. The van der Waals surface area contributed by atoms with Crippen LogP contribution in [-0.2, 0) is 14.8 Å². The van der Waals surface area contributed by atoms with Gasteiger partial charge in [-0.2, -0.15) is 4.31 Å². The zero-order valence-corrected chi connectivity index (χ0v) is 11.2. The van der Waals surface area contributed by atoms with Crippen molar-refractivity contribution >= 4 is 15.9 Å². The maximum Gasteiger partial charge on any atom is 0.235 e. The molecule has 2 N–H and O–H groups in total. The van der Waals surface area contributed by atoms with Gasteiger partial charge in [0.05, 0.1) is 11.8 Å². The van der Waals surface area contributed by atoms with E-state index in [-0.39, 0.29) is 12.5 Å². The Bertz CT molecular complexity index is 350. The van der Waals surface area contributed by atoms with Gasteiger partial charge < -0.3 is 10.6 Å². The summed E-state index contributed by atoms with van der Waals surface area (Å²) >= 11 is 0. The minimum Gasteiger partial charge on any atom is -0.355 e. The lowest BCUT2D eigenvalue weighted by molar-refractivity contribution is -0.121. The second-order valence-electron chi connectivity index (χ2n) is 4.27. The average Bonchev–Trinajstić information content (AvgIpc) is 2.80. The summed E-state index contributed by atoms with van der Waals surface area (Å²) in [5, 5.41) is 5.28. The number of carbonyl (C=O) groups is 1. The molecule has 0 aliphatic carbocycles. The molecule has 100 valence electrons. The summed E-state index contributed by atoms with van der Waals surface area (Å²) in [5.41, 5.74) is 0. The van der Waals surface area contributed by atoms with Gasteiger partial charge in [-0.1, -0.05) is 6.92 Å². The lowest BCUT2D eigenvalue weighted by Gasteiger charge is -2.20. The van der Waals surface area contributed by atoms with E-state index in [9.17, 15) is 13.2 Å². The third-order valence-corrected chi connectivity index (χ3v) is 5.05. The Kier molecular flexibility index (Phi) is 5.35. The van der Waals surface area contributed by atoms with Gasteiger partial charge in [0.1, 0.15) is 0 Å². The van der Waals surface area contributed by atoms with Gasteiger partial charge in [0.15, 0.2) is 0 Å². The van der Waals surface area contributed by atoms with Gasteiger partial charge in [-0.15, -0.1) is 0 Å².